The lowest BCUT2D eigenvalue weighted by molar-refractivity contribution is 0.112. The molecular formula is C113H127Cl4N21O11. The minimum absolute atomic E-state index is 0.185. The Morgan fingerprint density at radius 2 is 0.732 bits per heavy atom. The first-order valence-corrected chi connectivity index (χ1v) is 52.0. The maximum Gasteiger partial charge on any atom is 0.409 e. The summed E-state index contributed by atoms with van der Waals surface area (Å²) >= 11 is 24.5. The molecule has 32 nitrogen and oxygen atoms in total. The van der Waals surface area contributed by atoms with Crippen molar-refractivity contribution in [2.45, 2.75) is 134 Å². The quantitative estimate of drug-likeness (QED) is 0.0194. The molecule has 4 aliphatic heterocycles. The van der Waals surface area contributed by atoms with Crippen molar-refractivity contribution in [1.82, 2.24) is 79.4 Å². The fourth-order valence-electron chi connectivity index (χ4n) is 20.6. The van der Waals surface area contributed by atoms with Gasteiger partial charge in [0.1, 0.15) is 51.3 Å². The number of halogens is 4. The second-order valence-electron chi connectivity index (χ2n) is 39.0. The molecule has 16 aromatic rings. The van der Waals surface area contributed by atoms with Crippen molar-refractivity contribution in [3.8, 4) is 51.3 Å². The predicted molar refractivity (Wildman–Crippen MR) is 595 cm³/mol. The number of rotatable bonds is 29. The maximum atomic E-state index is 13.0. The third kappa shape index (κ3) is 25.5. The number of carbonyl (C=O) groups excluding carboxylic acids is 1. The van der Waals surface area contributed by atoms with E-state index in [0.717, 1.165) is 176 Å². The molecule has 12 heterocycles. The Morgan fingerprint density at radius 3 is 1.03 bits per heavy atom. The van der Waals surface area contributed by atoms with Crippen LogP contribution >= 0.6 is 46.4 Å². The third-order valence-electron chi connectivity index (χ3n) is 28.9. The average Bonchev–Trinajstić information content (AvgIpc) is 1.64. The molecule has 0 bridgehead atoms. The van der Waals surface area contributed by atoms with Gasteiger partial charge < -0.3 is 116 Å². The van der Waals surface area contributed by atoms with E-state index in [1.165, 1.54) is 35.6 Å². The van der Waals surface area contributed by atoms with Crippen LogP contribution in [0.1, 0.15) is 173 Å². The molecular weight excluding hydrogens is 1970 g/mol. The summed E-state index contributed by atoms with van der Waals surface area (Å²) in [7, 11) is 8.98. The number of anilines is 4. The van der Waals surface area contributed by atoms with Gasteiger partial charge in [0.15, 0.2) is 0 Å². The van der Waals surface area contributed by atoms with Crippen LogP contribution < -0.4 is 48.2 Å². The van der Waals surface area contributed by atoms with Crippen LogP contribution in [0, 0.1) is 33.1 Å². The Labute approximate surface area is 882 Å². The molecule has 16 N–H and O–H groups in total. The molecule has 0 radical (unpaired) electrons. The van der Waals surface area contributed by atoms with Gasteiger partial charge in [0.05, 0.1) is 111 Å². The summed E-state index contributed by atoms with van der Waals surface area (Å²) in [4.78, 5) is 116. The minimum atomic E-state index is -0.813. The Bertz CT molecular complexity index is 7690. The maximum absolute atomic E-state index is 13.0. The van der Waals surface area contributed by atoms with Crippen LogP contribution in [0.5, 0.6) is 5.75 Å². The molecule has 8 aromatic carbocycles. The normalized spacial score (nSPS) is 15.5. The van der Waals surface area contributed by atoms with Crippen LogP contribution in [0.25, 0.3) is 89.7 Å². The lowest BCUT2D eigenvalue weighted by atomic mass is 9.88. The fourth-order valence-corrected chi connectivity index (χ4v) is 21.5. The van der Waals surface area contributed by atoms with Crippen molar-refractivity contribution in [3.05, 3.63) is 317 Å². The lowest BCUT2D eigenvalue weighted by Crippen LogP contribution is -2.37. The first-order chi connectivity index (χ1) is 72.0. The Morgan fingerprint density at radius 1 is 0.416 bits per heavy atom. The van der Waals surface area contributed by atoms with E-state index in [1.807, 2.05) is 43.3 Å². The molecule has 1 amide bonds. The van der Waals surface area contributed by atoms with Gasteiger partial charge in [0.2, 0.25) is 0 Å². The van der Waals surface area contributed by atoms with Crippen molar-refractivity contribution in [2.75, 3.05) is 142 Å². The van der Waals surface area contributed by atoms with Gasteiger partial charge in [-0.25, -0.2) is 24.7 Å². The number of piperidine rings is 4. The smallest absolute Gasteiger partial charge is 0.409 e. The van der Waals surface area contributed by atoms with Gasteiger partial charge in [0.25, 0.3) is 22.2 Å². The number of aryl methyl sites for hydroxylation is 4. The first kappa shape index (κ1) is 107. The minimum Gasteiger partial charge on any atom is -0.495 e. The second-order valence-corrected chi connectivity index (χ2v) is 40.7. The summed E-state index contributed by atoms with van der Waals surface area (Å²) in [6.07, 6.45) is 14.2. The van der Waals surface area contributed by atoms with E-state index in [4.69, 9.17) is 86.0 Å². The average molecular weight is 2100 g/mol. The van der Waals surface area contributed by atoms with Crippen LogP contribution in [0.15, 0.2) is 208 Å². The van der Waals surface area contributed by atoms with Crippen LogP contribution in [-0.4, -0.2) is 228 Å². The number of aliphatic hydroxyl groups excluding tert-OH is 3. The molecule has 0 unspecified atom stereocenters. The van der Waals surface area contributed by atoms with E-state index in [-0.39, 0.29) is 54.1 Å². The number of hydrogen-bond donors (Lipinski definition) is 16. The zero-order chi connectivity index (χ0) is 105. The van der Waals surface area contributed by atoms with Crippen LogP contribution in [0.2, 0.25) is 20.1 Å². The fraction of sp³-hybridized carbons (Fsp3) is 0.345. The Balaban J connectivity index is 0.000000135. The van der Waals surface area contributed by atoms with Crippen molar-refractivity contribution in [3.63, 3.8) is 0 Å². The molecule has 8 aromatic heterocycles. The topological polar surface area (TPSA) is 437 Å². The highest BCUT2D eigenvalue weighted by Crippen LogP contribution is 2.41. The number of likely N-dealkylation sites (tertiary alicyclic amines) is 4. The van der Waals surface area contributed by atoms with Crippen LogP contribution in [0.4, 0.5) is 27.5 Å². The van der Waals surface area contributed by atoms with Gasteiger partial charge in [-0.3, -0.25) is 19.2 Å². The van der Waals surface area contributed by atoms with Gasteiger partial charge in [0, 0.05) is 92.8 Å². The van der Waals surface area contributed by atoms with Crippen LogP contribution in [-0.2, 0) is 9.47 Å². The molecule has 4 atom stereocenters. The number of fused-ring (bicyclic) bond motifs is 4. The van der Waals surface area contributed by atoms with E-state index >= 15 is 0 Å². The number of H-pyrrole nitrogens is 8. The zero-order valence-electron chi connectivity index (χ0n) is 84.8. The van der Waals surface area contributed by atoms with E-state index in [9.17, 15) is 39.3 Å². The number of ether oxygens (including phenoxy) is 3. The Hall–Kier alpha value is -13.7. The number of nitrogens with zero attached hydrogens (tertiary/aromatic N) is 8. The van der Waals surface area contributed by atoms with Gasteiger partial charge >= 0.3 is 6.09 Å². The lowest BCUT2D eigenvalue weighted by Gasteiger charge is -2.32. The second kappa shape index (κ2) is 48.7. The number of nitrogens with one attached hydrogen (secondary N) is 13. The summed E-state index contributed by atoms with van der Waals surface area (Å²) < 4.78 is 15.8. The summed E-state index contributed by atoms with van der Waals surface area (Å²) in [6.45, 7) is 18.0. The molecule has 20 rings (SSSR count). The predicted octanol–water partition coefficient (Wildman–Crippen LogP) is 20.5. The molecule has 4 aliphatic rings. The number of carbonyl (C=O) groups is 1. The molecule has 149 heavy (non-hydrogen) atoms. The number of aliphatic hydroxyl groups is 3. The highest BCUT2D eigenvalue weighted by atomic mass is 35.5. The molecule has 36 heteroatoms. The monoisotopic (exact) mass is 2090 g/mol. The van der Waals surface area contributed by atoms with E-state index < -0.39 is 18.3 Å². The number of methoxy groups -OCH3 is 3. The van der Waals surface area contributed by atoms with E-state index in [0.29, 0.717) is 154 Å². The van der Waals surface area contributed by atoms with Crippen molar-refractivity contribution >= 4 is 126 Å². The summed E-state index contributed by atoms with van der Waals surface area (Å²) in [6, 6.07) is 51.5. The number of imidazole rings is 4. The highest BCUT2D eigenvalue weighted by Gasteiger charge is 2.31. The number of aromatic nitrogens is 12. The van der Waals surface area contributed by atoms with E-state index in [1.54, 1.807) is 123 Å². The molecule has 4 fully saturated rings. The molecule has 0 spiro atoms. The zero-order valence-corrected chi connectivity index (χ0v) is 87.9. The third-order valence-corrected chi connectivity index (χ3v) is 29.9. The number of hydrogen-bond acceptors (Lipinski definition) is 23. The summed E-state index contributed by atoms with van der Waals surface area (Å²) in [5.74, 6) is 4.45. The standard InChI is InChI=1S/C29H33ClN6O2.C29H34ClN5O3.C28H30ClN5O4.C27H30ClN5O2/c1-18-14-21(19-7-12-36(13-8-19)11-3-9-31)16-24-27(18)35-28(34-24)26-23(6-10-32-29(26)38)33-17-25(37)20-4-2-5-22(30)15-20;1-17-13-20(18-8-11-35(2)12-9-18)15-23-27(17)34-28(33-23)26-22(7-10-31-29(26)36)32-16-25(38-4)19-5-6-24(37-3)21(30)14-19;1-16-12-19(17-7-10-34(11-8-17)28(37)38-2)14-22-25(16)33-26(32-22)24-21(6-9-30-27(24)36)31-15-23(35)18-4-3-5-20(29)13-18;1-16-12-19(17-7-10-33(2)11-8-17)14-22-25(16)32-26(31-22)24-21(6-9-29-27(24)35)30-15-23(34)18-4-3-5-20(28)13-18/h2,4-6,9-10,14-16,19,25,31,37H,3,7-8,11-13,17H2,1H3,(H,34,35)(H2,32,33,38);5-7,10,13-15,18,25H,8-9,11-12,16H2,1-4H3,(H,33,34)(H2,31,32,36);3-6,9,12-14,17,23,35H,7-8,10-11,15H2,1-2H3,(H,32,33)(H2,30,31,36);3-6,9,12-14,17,23,34H,7-8,10-11,15H2,1-2H3,(H,31,32)(H2,29,30,35)/t2*25-;2*23-/m1111/s1. The van der Waals surface area contributed by atoms with Gasteiger partial charge in [-0.2, -0.15) is 0 Å². The summed E-state index contributed by atoms with van der Waals surface area (Å²) in [5.41, 5.74) is 22.5. The SMILES string of the molecule is COC(=O)N1CCC(c2cc(C)c3nc(-c4c(NC[C@@H](O)c5cccc(Cl)c5)cc[nH]c4=O)[nH]c3c2)CC1.COc1ccc([C@@H](CNc2cc[nH]c(=O)c2-c2nc3c(C)cc(C4CCN(C)CC4)cc3[nH]2)OC)cc1Cl.Cc1cc(C2CCN(C)CC2)cc2[nH]c(-c3c(NC[C@@H](O)c4cccc(Cl)c4)cc[nH]c3=O)nc12.Cc1cc(C2CCN(CCC=N)CC2)cc2[nH]c(-c3c(NC[C@@H](O)c4cccc(Cl)c4)cc[nH]c3=O)nc12. The van der Waals surface area contributed by atoms with Crippen molar-refractivity contribution in [1.29, 1.82) is 5.41 Å². The summed E-state index contributed by atoms with van der Waals surface area (Å²) in [5, 5.41) is 54.4. The number of aromatic amines is 8. The van der Waals surface area contributed by atoms with Gasteiger partial charge in [-0.05, 0) is 333 Å². The number of amides is 1. The molecule has 0 aliphatic carbocycles. The number of pyridine rings is 4. The van der Waals surface area contributed by atoms with Crippen molar-refractivity contribution in [2.24, 2.45) is 0 Å². The first-order valence-electron chi connectivity index (χ1n) is 50.5. The molecule has 778 valence electrons. The molecule has 0 saturated carbocycles. The van der Waals surface area contributed by atoms with Gasteiger partial charge in [-0.1, -0.05) is 113 Å². The van der Waals surface area contributed by atoms with Gasteiger partial charge in [-0.15, -0.1) is 0 Å². The number of benzene rings is 8. The molecule has 4 saturated heterocycles. The largest absolute Gasteiger partial charge is 0.495 e. The van der Waals surface area contributed by atoms with Crippen LogP contribution in [0.3, 0.4) is 0 Å². The Kier molecular flexibility index (Phi) is 34.8. The van der Waals surface area contributed by atoms with E-state index in [2.05, 4.69) is 159 Å². The van der Waals surface area contributed by atoms with Crippen molar-refractivity contribution < 1.29 is 34.3 Å². The highest BCUT2D eigenvalue weighted by molar-refractivity contribution is 6.32.